The van der Waals surface area contributed by atoms with Gasteiger partial charge in [-0.25, -0.2) is 0 Å². The summed E-state index contributed by atoms with van der Waals surface area (Å²) in [5.41, 5.74) is 2.96. The van der Waals surface area contributed by atoms with Gasteiger partial charge in [0.1, 0.15) is 23.9 Å². The van der Waals surface area contributed by atoms with E-state index in [2.05, 4.69) is 13.2 Å². The summed E-state index contributed by atoms with van der Waals surface area (Å²) in [7, 11) is 3.24. The van der Waals surface area contributed by atoms with Crippen LogP contribution in [0.4, 0.5) is 0 Å². The molecule has 0 aromatic heterocycles. The Hall–Kier alpha value is -3.46. The maximum Gasteiger partial charge on any atom is 0.311 e. The van der Waals surface area contributed by atoms with Crippen molar-refractivity contribution in [1.82, 2.24) is 0 Å². The Balaban J connectivity index is 1.95. The molecule has 0 radical (unpaired) electrons. The second-order valence-electron chi connectivity index (χ2n) is 11.8. The second-order valence-corrected chi connectivity index (χ2v) is 11.8. The SMILES string of the molecule is C=CCOC(=O)[C@@H](C)[C@@H](OCc1ccc(OC)cc1)[C@H](C)CC[C@H](O)CC(=O)C[C@H](CCC(=C)C)OCc1ccc(OC)cc1. The van der Waals surface area contributed by atoms with Gasteiger partial charge in [-0.15, -0.1) is 6.58 Å². The summed E-state index contributed by atoms with van der Waals surface area (Å²) in [4.78, 5) is 25.7. The van der Waals surface area contributed by atoms with Gasteiger partial charge in [-0.1, -0.05) is 49.4 Å². The Morgan fingerprint density at radius 3 is 1.91 bits per heavy atom. The Kier molecular flexibility index (Phi) is 17.2. The molecule has 0 unspecified atom stereocenters. The van der Waals surface area contributed by atoms with Gasteiger partial charge in [-0.2, -0.15) is 0 Å². The normalized spacial score (nSPS) is 14.4. The van der Waals surface area contributed by atoms with Crippen molar-refractivity contribution >= 4 is 11.8 Å². The van der Waals surface area contributed by atoms with Gasteiger partial charge in [0.15, 0.2) is 0 Å². The van der Waals surface area contributed by atoms with Crippen molar-refractivity contribution in [2.45, 2.75) is 90.8 Å². The fourth-order valence-corrected chi connectivity index (χ4v) is 5.03. The van der Waals surface area contributed by atoms with Crippen LogP contribution in [-0.2, 0) is 37.0 Å². The molecule has 0 fully saturated rings. The van der Waals surface area contributed by atoms with Crippen molar-refractivity contribution in [3.63, 3.8) is 0 Å². The molecule has 0 amide bonds. The largest absolute Gasteiger partial charge is 0.497 e. The fourth-order valence-electron chi connectivity index (χ4n) is 5.03. The second kappa shape index (κ2) is 20.5. The number of aliphatic hydroxyl groups excluding tert-OH is 1. The number of hydrogen-bond acceptors (Lipinski definition) is 8. The standard InChI is InChI=1S/C37H52O8/c1-8-21-43-37(40)28(5)36(45-25-30-13-19-34(42-7)20-14-30)27(4)10-15-31(38)22-32(39)23-35(16-9-26(2)3)44-24-29-11-17-33(41-6)18-12-29/h8,11-14,17-20,27-28,31,35-36,38H,1-2,9-10,15-16,21-25H2,3-7H3/t27-,28+,31+,35+,36+/m1/s1. The molecule has 2 aromatic rings. The van der Waals surface area contributed by atoms with Crippen LogP contribution in [0, 0.1) is 11.8 Å². The highest BCUT2D eigenvalue weighted by Crippen LogP contribution is 2.26. The van der Waals surface area contributed by atoms with Gasteiger partial charge in [0.05, 0.1) is 51.7 Å². The first-order valence-electron chi connectivity index (χ1n) is 15.7. The Bertz CT molecular complexity index is 1170. The van der Waals surface area contributed by atoms with Crippen LogP contribution in [0.3, 0.4) is 0 Å². The van der Waals surface area contributed by atoms with Crippen molar-refractivity contribution < 1.29 is 38.4 Å². The highest BCUT2D eigenvalue weighted by molar-refractivity contribution is 5.79. The molecule has 45 heavy (non-hydrogen) atoms. The van der Waals surface area contributed by atoms with Crippen LogP contribution < -0.4 is 9.47 Å². The Morgan fingerprint density at radius 1 is 0.844 bits per heavy atom. The zero-order valence-electron chi connectivity index (χ0n) is 27.7. The third-order valence-electron chi connectivity index (χ3n) is 7.78. The number of benzene rings is 2. The Labute approximate surface area is 269 Å². The smallest absolute Gasteiger partial charge is 0.311 e. The lowest BCUT2D eigenvalue weighted by Gasteiger charge is -2.29. The predicted molar refractivity (Wildman–Crippen MR) is 176 cm³/mol. The quantitative estimate of drug-likeness (QED) is 0.104. The predicted octanol–water partition coefficient (Wildman–Crippen LogP) is 7.02. The first-order chi connectivity index (χ1) is 21.6. The summed E-state index contributed by atoms with van der Waals surface area (Å²) in [6.45, 7) is 14.1. The van der Waals surface area contributed by atoms with Crippen LogP contribution in [-0.4, -0.2) is 56.0 Å². The molecule has 0 aliphatic carbocycles. The molecule has 248 valence electrons. The lowest BCUT2D eigenvalue weighted by Crippen LogP contribution is -2.35. The van der Waals surface area contributed by atoms with Crippen molar-refractivity contribution in [2.75, 3.05) is 20.8 Å². The molecule has 2 rings (SSSR count). The van der Waals surface area contributed by atoms with Gasteiger partial charge in [0.2, 0.25) is 0 Å². The molecule has 2 aromatic carbocycles. The van der Waals surface area contributed by atoms with Gasteiger partial charge in [0.25, 0.3) is 0 Å². The zero-order valence-corrected chi connectivity index (χ0v) is 27.7. The number of ketones is 1. The van der Waals surface area contributed by atoms with E-state index in [1.165, 1.54) is 6.08 Å². The summed E-state index contributed by atoms with van der Waals surface area (Å²) in [5.74, 6) is 0.482. The van der Waals surface area contributed by atoms with Crippen LogP contribution in [0.15, 0.2) is 73.3 Å². The van der Waals surface area contributed by atoms with Crippen molar-refractivity contribution in [3.8, 4) is 11.5 Å². The molecule has 8 nitrogen and oxygen atoms in total. The average Bonchev–Trinajstić information content (AvgIpc) is 3.04. The summed E-state index contributed by atoms with van der Waals surface area (Å²) in [5, 5.41) is 10.8. The number of ether oxygens (including phenoxy) is 5. The van der Waals surface area contributed by atoms with Crippen molar-refractivity contribution in [1.29, 1.82) is 0 Å². The minimum absolute atomic E-state index is 0.0382. The topological polar surface area (TPSA) is 101 Å². The number of carbonyl (C=O) groups excluding carboxylic acids is 2. The van der Waals surface area contributed by atoms with Crippen LogP contribution in [0.1, 0.15) is 70.4 Å². The molecule has 0 saturated carbocycles. The summed E-state index contributed by atoms with van der Waals surface area (Å²) in [6.07, 6.45) is 2.64. The molecule has 1 N–H and O–H groups in total. The van der Waals surface area contributed by atoms with Gasteiger partial charge in [0, 0.05) is 12.8 Å². The summed E-state index contributed by atoms with van der Waals surface area (Å²) < 4.78 is 28.1. The lowest BCUT2D eigenvalue weighted by atomic mass is 9.88. The third-order valence-corrected chi connectivity index (χ3v) is 7.78. The van der Waals surface area contributed by atoms with Crippen molar-refractivity contribution in [3.05, 3.63) is 84.5 Å². The number of aliphatic hydroxyl groups is 1. The number of rotatable bonds is 23. The average molecular weight is 625 g/mol. The number of methoxy groups -OCH3 is 2. The van der Waals surface area contributed by atoms with Gasteiger partial charge >= 0.3 is 5.97 Å². The van der Waals surface area contributed by atoms with Crippen molar-refractivity contribution in [2.24, 2.45) is 11.8 Å². The molecule has 0 aliphatic heterocycles. The number of esters is 1. The lowest BCUT2D eigenvalue weighted by molar-refractivity contribution is -0.155. The van der Waals surface area contributed by atoms with Crippen LogP contribution >= 0.6 is 0 Å². The van der Waals surface area contributed by atoms with E-state index in [1.807, 2.05) is 62.4 Å². The highest BCUT2D eigenvalue weighted by Gasteiger charge is 2.31. The molecule has 8 heteroatoms. The number of allylic oxidation sites excluding steroid dienone is 1. The van der Waals surface area contributed by atoms with Gasteiger partial charge in [-0.05, 0) is 80.8 Å². The summed E-state index contributed by atoms with van der Waals surface area (Å²) in [6, 6.07) is 15.2. The zero-order chi connectivity index (χ0) is 33.2. The van der Waals surface area contributed by atoms with E-state index in [1.54, 1.807) is 21.1 Å². The van der Waals surface area contributed by atoms with E-state index in [0.29, 0.717) is 32.5 Å². The maximum atomic E-state index is 13.0. The molecule has 0 spiro atoms. The minimum Gasteiger partial charge on any atom is -0.497 e. The van der Waals surface area contributed by atoms with E-state index in [0.717, 1.165) is 34.6 Å². The van der Waals surface area contributed by atoms with E-state index >= 15 is 0 Å². The van der Waals surface area contributed by atoms with Gasteiger partial charge < -0.3 is 28.8 Å². The first-order valence-corrected chi connectivity index (χ1v) is 15.7. The molecular formula is C37H52O8. The monoisotopic (exact) mass is 624 g/mol. The fraction of sp³-hybridized carbons (Fsp3) is 0.514. The first kappa shape index (κ1) is 37.7. The number of Topliss-reactive ketones (excluding diaryl/α,β-unsaturated/α-hetero) is 1. The third kappa shape index (κ3) is 14.5. The minimum atomic E-state index is -0.811. The summed E-state index contributed by atoms with van der Waals surface area (Å²) >= 11 is 0. The molecular weight excluding hydrogens is 572 g/mol. The number of carbonyl (C=O) groups is 2. The highest BCUT2D eigenvalue weighted by atomic mass is 16.5. The molecule has 0 saturated heterocycles. The van der Waals surface area contributed by atoms with E-state index < -0.39 is 18.1 Å². The molecule has 0 bridgehead atoms. The van der Waals surface area contributed by atoms with Crippen LogP contribution in [0.5, 0.6) is 11.5 Å². The number of hydrogen-bond donors (Lipinski definition) is 1. The Morgan fingerprint density at radius 2 is 1.40 bits per heavy atom. The van der Waals surface area contributed by atoms with Crippen LogP contribution in [0.2, 0.25) is 0 Å². The van der Waals surface area contributed by atoms with Gasteiger partial charge in [-0.3, -0.25) is 9.59 Å². The molecule has 0 heterocycles. The van der Waals surface area contributed by atoms with Crippen LogP contribution in [0.25, 0.3) is 0 Å². The molecule has 5 atom stereocenters. The maximum absolute atomic E-state index is 13.0. The van der Waals surface area contributed by atoms with E-state index in [-0.39, 0.29) is 43.2 Å². The molecule has 0 aliphatic rings. The van der Waals surface area contributed by atoms with E-state index in [4.69, 9.17) is 23.7 Å². The van der Waals surface area contributed by atoms with E-state index in [9.17, 15) is 14.7 Å².